The zero-order valence-corrected chi connectivity index (χ0v) is 23.3. The molecule has 1 atom stereocenters. The first-order valence-electron chi connectivity index (χ1n) is 9.61. The van der Waals surface area contributed by atoms with Crippen molar-refractivity contribution < 1.29 is 14.3 Å². The molecule has 1 aliphatic rings. The summed E-state index contributed by atoms with van der Waals surface area (Å²) in [6, 6.07) is 7.27. The van der Waals surface area contributed by atoms with Gasteiger partial charge in [0.25, 0.3) is 5.56 Å². The van der Waals surface area contributed by atoms with Gasteiger partial charge in [0, 0.05) is 14.0 Å². The fourth-order valence-electron chi connectivity index (χ4n) is 3.55. The van der Waals surface area contributed by atoms with E-state index in [0.717, 1.165) is 23.3 Å². The fourth-order valence-corrected chi connectivity index (χ4v) is 7.52. The number of nitrogens with zero attached hydrogens (tertiary/aromatic N) is 2. The van der Waals surface area contributed by atoms with Crippen LogP contribution in [-0.4, -0.2) is 24.3 Å². The second-order valence-corrected chi connectivity index (χ2v) is 11.2. The number of carbonyl (C=O) groups is 1. The zero-order valence-electron chi connectivity index (χ0n) is 17.3. The number of benzene rings is 1. The molecule has 3 heterocycles. The molecule has 1 aliphatic heterocycles. The third-order valence-corrected chi connectivity index (χ3v) is 8.19. The van der Waals surface area contributed by atoms with E-state index in [4.69, 9.17) is 9.47 Å². The maximum absolute atomic E-state index is 13.6. The molecule has 0 saturated carbocycles. The Kier molecular flexibility index (Phi) is 7.22. The van der Waals surface area contributed by atoms with E-state index in [1.807, 2.05) is 35.7 Å². The lowest BCUT2D eigenvalue weighted by Gasteiger charge is -2.23. The molecule has 0 saturated heterocycles. The molecule has 10 heteroatoms. The van der Waals surface area contributed by atoms with Crippen molar-refractivity contribution in [1.82, 2.24) is 4.57 Å². The number of halogens is 2. The summed E-state index contributed by atoms with van der Waals surface area (Å²) in [4.78, 5) is 32.5. The fraction of sp³-hybridized carbons (Fsp3) is 0.227. The average molecular weight is 692 g/mol. The summed E-state index contributed by atoms with van der Waals surface area (Å²) in [5, 5.41) is 1.93. The third kappa shape index (κ3) is 4.33. The molecule has 0 radical (unpaired) electrons. The predicted molar refractivity (Wildman–Crippen MR) is 143 cm³/mol. The Bertz CT molecular complexity index is 1400. The van der Waals surface area contributed by atoms with Crippen molar-refractivity contribution in [3.05, 3.63) is 78.2 Å². The molecule has 0 N–H and O–H groups in total. The Hall–Kier alpha value is -1.51. The molecular formula is C22H18I2N2O4S2. The molecule has 0 unspecified atom stereocenters. The van der Waals surface area contributed by atoms with Gasteiger partial charge in [-0.1, -0.05) is 17.4 Å². The summed E-state index contributed by atoms with van der Waals surface area (Å²) >= 11 is 7.27. The van der Waals surface area contributed by atoms with Crippen molar-refractivity contribution in [2.75, 3.05) is 13.7 Å². The molecule has 0 bridgehead atoms. The smallest absolute Gasteiger partial charge is 0.338 e. The number of ether oxygens (including phenoxy) is 2. The van der Waals surface area contributed by atoms with Crippen LogP contribution in [0.4, 0.5) is 0 Å². The Labute approximate surface area is 219 Å². The van der Waals surface area contributed by atoms with Gasteiger partial charge < -0.3 is 9.47 Å². The van der Waals surface area contributed by atoms with Crippen molar-refractivity contribution in [3.8, 4) is 5.75 Å². The number of esters is 1. The molecular weight excluding hydrogens is 674 g/mol. The number of hydrogen-bond donors (Lipinski definition) is 0. The monoisotopic (exact) mass is 692 g/mol. The van der Waals surface area contributed by atoms with E-state index in [1.54, 1.807) is 25.5 Å². The van der Waals surface area contributed by atoms with Gasteiger partial charge in [-0.15, -0.1) is 11.3 Å². The molecule has 32 heavy (non-hydrogen) atoms. The molecule has 0 aliphatic carbocycles. The van der Waals surface area contributed by atoms with Crippen LogP contribution in [0.3, 0.4) is 0 Å². The van der Waals surface area contributed by atoms with E-state index in [-0.39, 0.29) is 12.2 Å². The highest BCUT2D eigenvalue weighted by Gasteiger charge is 2.33. The molecule has 0 spiro atoms. The lowest BCUT2D eigenvalue weighted by Crippen LogP contribution is -2.39. The van der Waals surface area contributed by atoms with E-state index in [0.29, 0.717) is 20.6 Å². The number of thiophene rings is 1. The second kappa shape index (κ2) is 9.77. The topological polar surface area (TPSA) is 69.9 Å². The molecule has 6 nitrogen and oxygen atoms in total. The van der Waals surface area contributed by atoms with E-state index >= 15 is 0 Å². The molecule has 2 aromatic heterocycles. The third-order valence-electron chi connectivity index (χ3n) is 4.86. The standard InChI is InChI=1S/C22H18I2N2O4S2/c1-4-30-21(28)17-11(2)25-22-26(18(17)15-6-5-7-31-15)20(27)16(32-22)9-12-8-13(23)10-14(24)19(12)29-3/h5-10,18H,4H2,1-3H3/b16-9-/t18-/m0/s1. The van der Waals surface area contributed by atoms with Gasteiger partial charge in [-0.25, -0.2) is 9.79 Å². The zero-order chi connectivity index (χ0) is 23.0. The van der Waals surface area contributed by atoms with Crippen molar-refractivity contribution in [3.63, 3.8) is 0 Å². The van der Waals surface area contributed by atoms with E-state index in [1.165, 1.54) is 22.7 Å². The van der Waals surface area contributed by atoms with Crippen molar-refractivity contribution in [2.45, 2.75) is 19.9 Å². The van der Waals surface area contributed by atoms with Crippen LogP contribution in [0.5, 0.6) is 5.75 Å². The van der Waals surface area contributed by atoms with Gasteiger partial charge >= 0.3 is 5.97 Å². The Morgan fingerprint density at radius 1 is 1.34 bits per heavy atom. The Morgan fingerprint density at radius 3 is 2.78 bits per heavy atom. The minimum atomic E-state index is -0.564. The second-order valence-electron chi connectivity index (χ2n) is 6.83. The largest absolute Gasteiger partial charge is 0.495 e. The van der Waals surface area contributed by atoms with Gasteiger partial charge in [0.15, 0.2) is 4.80 Å². The van der Waals surface area contributed by atoms with Gasteiger partial charge in [0.2, 0.25) is 0 Å². The first-order chi connectivity index (χ1) is 15.3. The lowest BCUT2D eigenvalue weighted by atomic mass is 10.0. The number of fused-ring (bicyclic) bond motifs is 1. The number of rotatable bonds is 5. The van der Waals surface area contributed by atoms with Crippen LogP contribution in [0.15, 0.2) is 50.7 Å². The summed E-state index contributed by atoms with van der Waals surface area (Å²) in [7, 11) is 1.62. The minimum absolute atomic E-state index is 0.197. The number of methoxy groups -OCH3 is 1. The van der Waals surface area contributed by atoms with Crippen LogP contribution in [0.25, 0.3) is 6.08 Å². The average Bonchev–Trinajstić information content (AvgIpc) is 3.36. The van der Waals surface area contributed by atoms with E-state index in [2.05, 4.69) is 50.2 Å². The summed E-state index contributed by atoms with van der Waals surface area (Å²) < 4.78 is 15.0. The van der Waals surface area contributed by atoms with Gasteiger partial charge in [-0.3, -0.25) is 9.36 Å². The summed E-state index contributed by atoms with van der Waals surface area (Å²) in [5.74, 6) is 0.269. The van der Waals surface area contributed by atoms with Crippen LogP contribution in [0.1, 0.15) is 30.3 Å². The Balaban J connectivity index is 1.97. The maximum atomic E-state index is 13.6. The van der Waals surface area contributed by atoms with Gasteiger partial charge in [-0.2, -0.15) is 0 Å². The van der Waals surface area contributed by atoms with Gasteiger partial charge in [-0.05, 0) is 88.7 Å². The summed E-state index contributed by atoms with van der Waals surface area (Å²) in [6.45, 7) is 3.80. The van der Waals surface area contributed by atoms with Crippen LogP contribution in [0, 0.1) is 7.14 Å². The van der Waals surface area contributed by atoms with E-state index < -0.39 is 12.0 Å². The van der Waals surface area contributed by atoms with Crippen LogP contribution in [-0.2, 0) is 9.53 Å². The van der Waals surface area contributed by atoms with E-state index in [9.17, 15) is 9.59 Å². The molecule has 4 rings (SSSR count). The van der Waals surface area contributed by atoms with Crippen LogP contribution < -0.4 is 19.6 Å². The van der Waals surface area contributed by atoms with Crippen LogP contribution in [0.2, 0.25) is 0 Å². The highest BCUT2D eigenvalue weighted by Crippen LogP contribution is 2.33. The molecule has 166 valence electrons. The summed E-state index contributed by atoms with van der Waals surface area (Å²) in [5.41, 5.74) is 1.59. The molecule has 3 aromatic rings. The normalized spacial score (nSPS) is 16.0. The predicted octanol–water partition coefficient (Wildman–Crippen LogP) is 4.08. The highest BCUT2D eigenvalue weighted by atomic mass is 127. The lowest BCUT2D eigenvalue weighted by molar-refractivity contribution is -0.139. The number of allylic oxidation sites excluding steroid dienone is 1. The van der Waals surface area contributed by atoms with Crippen molar-refractivity contribution in [1.29, 1.82) is 0 Å². The number of thiazole rings is 1. The number of hydrogen-bond acceptors (Lipinski definition) is 7. The number of aromatic nitrogens is 1. The quantitative estimate of drug-likeness (QED) is 0.299. The Morgan fingerprint density at radius 2 is 2.12 bits per heavy atom. The van der Waals surface area contributed by atoms with Gasteiger partial charge in [0.05, 0.1) is 33.1 Å². The number of carbonyl (C=O) groups excluding carboxylic acids is 1. The molecule has 1 aromatic carbocycles. The maximum Gasteiger partial charge on any atom is 0.338 e. The van der Waals surface area contributed by atoms with Crippen LogP contribution >= 0.6 is 67.9 Å². The SMILES string of the molecule is CCOC(=O)C1=C(C)N=c2s/c(=C\c3cc(I)cc(I)c3OC)c(=O)n2[C@H]1c1cccs1. The van der Waals surface area contributed by atoms with Gasteiger partial charge in [0.1, 0.15) is 11.8 Å². The summed E-state index contributed by atoms with van der Waals surface area (Å²) in [6.07, 6.45) is 1.84. The first kappa shape index (κ1) is 23.6. The molecule has 0 amide bonds. The highest BCUT2D eigenvalue weighted by molar-refractivity contribution is 14.1. The minimum Gasteiger partial charge on any atom is -0.495 e. The molecule has 0 fully saturated rings. The van der Waals surface area contributed by atoms with Crippen molar-refractivity contribution in [2.24, 2.45) is 4.99 Å². The van der Waals surface area contributed by atoms with Crippen molar-refractivity contribution >= 4 is 79.9 Å². The first-order valence-corrected chi connectivity index (χ1v) is 13.5.